The predicted molar refractivity (Wildman–Crippen MR) is 146 cm³/mol. The van der Waals surface area contributed by atoms with Crippen LogP contribution >= 0.6 is 0 Å². The van der Waals surface area contributed by atoms with E-state index in [4.69, 9.17) is 4.42 Å². The molecule has 5 aromatic rings. The maximum atomic E-state index is 13.8. The van der Waals surface area contributed by atoms with Gasteiger partial charge in [0.1, 0.15) is 11.8 Å². The molecule has 0 saturated carbocycles. The minimum atomic E-state index is -0.560. The van der Waals surface area contributed by atoms with E-state index in [-0.39, 0.29) is 11.1 Å². The number of H-pyrrole nitrogens is 1. The minimum Gasteiger partial charge on any atom is -0.468 e. The first kappa shape index (κ1) is 25.5. The highest BCUT2D eigenvalue weighted by Crippen LogP contribution is 2.33. The van der Waals surface area contributed by atoms with Gasteiger partial charge in [0.25, 0.3) is 5.56 Å². The molecule has 1 N–H and O–H groups in total. The summed E-state index contributed by atoms with van der Waals surface area (Å²) in [5, 5.41) is 14.0. The van der Waals surface area contributed by atoms with Gasteiger partial charge in [0.05, 0.1) is 23.9 Å². The van der Waals surface area contributed by atoms with Crippen molar-refractivity contribution >= 4 is 10.9 Å². The fourth-order valence-corrected chi connectivity index (χ4v) is 4.92. The van der Waals surface area contributed by atoms with Crippen LogP contribution in [-0.2, 0) is 18.6 Å². The van der Waals surface area contributed by atoms with Gasteiger partial charge < -0.3 is 9.40 Å². The largest absolute Gasteiger partial charge is 0.468 e. The van der Waals surface area contributed by atoms with Crippen LogP contribution in [0.3, 0.4) is 0 Å². The lowest BCUT2D eigenvalue weighted by molar-refractivity contribution is 0.168. The zero-order chi connectivity index (χ0) is 26.9. The van der Waals surface area contributed by atoms with E-state index in [1.54, 1.807) is 12.5 Å². The molecule has 0 saturated heterocycles. The highest BCUT2D eigenvalue weighted by molar-refractivity contribution is 5.83. The van der Waals surface area contributed by atoms with E-state index in [0.717, 1.165) is 39.8 Å². The summed E-state index contributed by atoms with van der Waals surface area (Å²) in [7, 11) is 0. The molecule has 4 aromatic heterocycles. The van der Waals surface area contributed by atoms with Crippen molar-refractivity contribution in [3.8, 4) is 0 Å². The monoisotopic (exact) mass is 511 g/mol. The Morgan fingerprint density at radius 2 is 1.97 bits per heavy atom. The topological polar surface area (TPSA) is 106 Å². The first-order valence-electron chi connectivity index (χ1n) is 12.8. The maximum Gasteiger partial charge on any atom is 0.253 e. The van der Waals surface area contributed by atoms with Crippen molar-refractivity contribution in [3.63, 3.8) is 0 Å². The zero-order valence-corrected chi connectivity index (χ0v) is 22.5. The van der Waals surface area contributed by atoms with E-state index in [1.807, 2.05) is 48.1 Å². The fourth-order valence-electron chi connectivity index (χ4n) is 4.92. The molecule has 4 heterocycles. The minimum absolute atomic E-state index is 0.172. The van der Waals surface area contributed by atoms with Crippen molar-refractivity contribution in [3.05, 3.63) is 105 Å². The normalized spacial score (nSPS) is 12.9. The van der Waals surface area contributed by atoms with Crippen LogP contribution in [0.15, 0.2) is 70.3 Å². The number of nitrogens with one attached hydrogen (secondary N) is 1. The summed E-state index contributed by atoms with van der Waals surface area (Å²) in [4.78, 5) is 23.4. The molecule has 0 fully saturated rings. The number of rotatable bonds is 9. The van der Waals surface area contributed by atoms with Crippen molar-refractivity contribution in [2.24, 2.45) is 0 Å². The van der Waals surface area contributed by atoms with Gasteiger partial charge in [-0.05, 0) is 91.4 Å². The Kier molecular flexibility index (Phi) is 6.94. The molecule has 9 heteroatoms. The number of furan rings is 1. The van der Waals surface area contributed by atoms with Crippen LogP contribution in [0.2, 0.25) is 0 Å². The molecule has 0 aliphatic rings. The van der Waals surface area contributed by atoms with Crippen LogP contribution in [0.1, 0.15) is 67.1 Å². The highest BCUT2D eigenvalue weighted by atomic mass is 16.3. The van der Waals surface area contributed by atoms with Gasteiger partial charge in [0.15, 0.2) is 5.82 Å². The lowest BCUT2D eigenvalue weighted by Gasteiger charge is -2.33. The lowest BCUT2D eigenvalue weighted by atomic mass is 9.98. The Bertz CT molecular complexity index is 1590. The first-order chi connectivity index (χ1) is 18.3. The molecular weight excluding hydrogens is 478 g/mol. The van der Waals surface area contributed by atoms with Crippen LogP contribution < -0.4 is 5.56 Å². The summed E-state index contributed by atoms with van der Waals surface area (Å²) >= 11 is 0. The number of pyridine rings is 2. The maximum absolute atomic E-state index is 13.8. The number of hydrogen-bond donors (Lipinski definition) is 1. The van der Waals surface area contributed by atoms with Crippen molar-refractivity contribution < 1.29 is 4.42 Å². The van der Waals surface area contributed by atoms with Crippen LogP contribution in [0.5, 0.6) is 0 Å². The molecule has 0 unspecified atom stereocenters. The van der Waals surface area contributed by atoms with E-state index >= 15 is 0 Å². The van der Waals surface area contributed by atoms with E-state index in [2.05, 4.69) is 70.2 Å². The summed E-state index contributed by atoms with van der Waals surface area (Å²) in [5.74, 6) is 1.37. The first-order valence-corrected chi connectivity index (χ1v) is 12.8. The third kappa shape index (κ3) is 5.02. The zero-order valence-electron chi connectivity index (χ0n) is 22.5. The number of aromatic amines is 1. The molecule has 9 nitrogen and oxygen atoms in total. The van der Waals surface area contributed by atoms with Gasteiger partial charge >= 0.3 is 0 Å². The molecule has 0 radical (unpaired) electrons. The Morgan fingerprint density at radius 3 is 2.68 bits per heavy atom. The molecule has 0 bridgehead atoms. The van der Waals surface area contributed by atoms with Gasteiger partial charge in [0, 0.05) is 24.5 Å². The lowest BCUT2D eigenvalue weighted by Crippen LogP contribution is -2.38. The second kappa shape index (κ2) is 10.3. The van der Waals surface area contributed by atoms with E-state index in [1.165, 1.54) is 0 Å². The summed E-state index contributed by atoms with van der Waals surface area (Å²) in [5.41, 5.74) is 4.03. The number of hydrogen-bond acceptors (Lipinski definition) is 7. The van der Waals surface area contributed by atoms with Gasteiger partial charge in [-0.1, -0.05) is 24.6 Å². The van der Waals surface area contributed by atoms with Crippen LogP contribution in [0.4, 0.5) is 0 Å². The Hall–Kier alpha value is -4.11. The van der Waals surface area contributed by atoms with E-state index < -0.39 is 6.04 Å². The summed E-state index contributed by atoms with van der Waals surface area (Å²) < 4.78 is 7.60. The highest BCUT2D eigenvalue weighted by Gasteiger charge is 2.35. The van der Waals surface area contributed by atoms with E-state index in [9.17, 15) is 4.79 Å². The van der Waals surface area contributed by atoms with E-state index in [0.29, 0.717) is 24.5 Å². The number of aromatic nitrogens is 6. The second-order valence-corrected chi connectivity index (χ2v) is 10.5. The van der Waals surface area contributed by atoms with Crippen molar-refractivity contribution in [1.29, 1.82) is 0 Å². The predicted octanol–water partition coefficient (Wildman–Crippen LogP) is 5.06. The average Bonchev–Trinajstić information content (AvgIpc) is 3.59. The molecular formula is C29H33N7O2. The molecule has 0 amide bonds. The number of benzene rings is 1. The molecule has 1 atom stereocenters. The quantitative estimate of drug-likeness (QED) is 0.295. The SMILES string of the molecule is CCC(C)(C)n1nnnc1[C@@H](c1cc2cc(C)cc(C)c2[nH]c1=O)N(Cc1cccnc1)Cc1ccco1. The molecule has 196 valence electrons. The van der Waals surface area contributed by atoms with Gasteiger partial charge in [-0.25, -0.2) is 4.68 Å². The Labute approximate surface area is 221 Å². The molecule has 0 spiro atoms. The number of nitrogens with zero attached hydrogens (tertiary/aromatic N) is 6. The molecule has 0 aliphatic carbocycles. The summed E-state index contributed by atoms with van der Waals surface area (Å²) in [6, 6.07) is 13.3. The van der Waals surface area contributed by atoms with Crippen LogP contribution in [-0.4, -0.2) is 35.1 Å². The van der Waals surface area contributed by atoms with Gasteiger partial charge in [-0.3, -0.25) is 14.7 Å². The van der Waals surface area contributed by atoms with Crippen LogP contribution in [0.25, 0.3) is 10.9 Å². The van der Waals surface area contributed by atoms with Crippen LogP contribution in [0, 0.1) is 13.8 Å². The van der Waals surface area contributed by atoms with Crippen molar-refractivity contribution in [2.75, 3.05) is 0 Å². The third-order valence-corrected chi connectivity index (χ3v) is 7.21. The van der Waals surface area contributed by atoms with Gasteiger partial charge in [0.2, 0.25) is 0 Å². The average molecular weight is 512 g/mol. The van der Waals surface area contributed by atoms with Gasteiger partial charge in [-0.2, -0.15) is 0 Å². The molecule has 5 rings (SSSR count). The Morgan fingerprint density at radius 1 is 1.13 bits per heavy atom. The van der Waals surface area contributed by atoms with Gasteiger partial charge in [-0.15, -0.1) is 5.10 Å². The summed E-state index contributed by atoms with van der Waals surface area (Å²) in [6.45, 7) is 11.3. The smallest absolute Gasteiger partial charge is 0.253 e. The second-order valence-electron chi connectivity index (χ2n) is 10.5. The van der Waals surface area contributed by atoms with Crippen molar-refractivity contribution in [1.82, 2.24) is 35.1 Å². The fraction of sp³-hybridized carbons (Fsp3) is 0.345. The number of fused-ring (bicyclic) bond motifs is 1. The third-order valence-electron chi connectivity index (χ3n) is 7.21. The molecule has 1 aromatic carbocycles. The number of aryl methyl sites for hydroxylation is 2. The molecule has 38 heavy (non-hydrogen) atoms. The standard InChI is InChI=1S/C29H33N7O2/c1-6-29(4,5)36-27(32-33-34-36)26(24-15-22-14-19(2)13-20(3)25(22)31-28(24)37)35(18-23-10-8-12-38-23)17-21-9-7-11-30-16-21/h7-16,26H,6,17-18H2,1-5H3,(H,31,37)/t26-/m1/s1. The molecule has 0 aliphatic heterocycles. The summed E-state index contributed by atoms with van der Waals surface area (Å²) in [6.07, 6.45) is 6.06. The van der Waals surface area contributed by atoms with Crippen molar-refractivity contribution in [2.45, 2.75) is 65.7 Å². The number of tetrazole rings is 1. The Balaban J connectivity index is 1.75.